The fourth-order valence-corrected chi connectivity index (χ4v) is 7.17. The van der Waals surface area contributed by atoms with Gasteiger partial charge in [0.1, 0.15) is 0 Å². The van der Waals surface area contributed by atoms with Crippen molar-refractivity contribution in [2.24, 2.45) is 0 Å². The molecule has 0 bridgehead atoms. The van der Waals surface area contributed by atoms with Gasteiger partial charge in [0, 0.05) is 0 Å². The van der Waals surface area contributed by atoms with Gasteiger partial charge in [0.15, 0.2) is 0 Å². The van der Waals surface area contributed by atoms with Crippen molar-refractivity contribution < 1.29 is 0 Å². The monoisotopic (exact) mass is 472 g/mol. The highest BCUT2D eigenvalue weighted by molar-refractivity contribution is 6.04. The van der Waals surface area contributed by atoms with E-state index in [1.54, 1.807) is 0 Å². The third-order valence-corrected chi connectivity index (χ3v) is 8.95. The summed E-state index contributed by atoms with van der Waals surface area (Å²) < 4.78 is 0. The van der Waals surface area contributed by atoms with Crippen LogP contribution in [0.15, 0.2) is 109 Å². The number of aryl methyl sites for hydroxylation is 2. The maximum atomic E-state index is 2.51. The molecule has 0 N–H and O–H groups in total. The molecule has 0 heterocycles. The van der Waals surface area contributed by atoms with Gasteiger partial charge in [-0.2, -0.15) is 0 Å². The van der Waals surface area contributed by atoms with E-state index in [9.17, 15) is 0 Å². The van der Waals surface area contributed by atoms with Crippen LogP contribution in [0.2, 0.25) is 0 Å². The second kappa shape index (κ2) is 7.43. The first-order chi connectivity index (χ1) is 18.2. The van der Waals surface area contributed by atoms with E-state index in [-0.39, 0.29) is 5.41 Å². The predicted octanol–water partition coefficient (Wildman–Crippen LogP) is 9.46. The summed E-state index contributed by atoms with van der Waals surface area (Å²) in [7, 11) is 0. The summed E-state index contributed by atoms with van der Waals surface area (Å²) in [6, 6.07) is 42.0. The minimum atomic E-state index is -0.280. The second-order valence-electron chi connectivity index (χ2n) is 10.7. The fraction of sp³-hybridized carbons (Fsp3) is 0.135. The molecule has 0 amide bonds. The summed E-state index contributed by atoms with van der Waals surface area (Å²) in [4.78, 5) is 0. The number of hydrogen-bond acceptors (Lipinski definition) is 0. The number of rotatable bonds is 2. The minimum Gasteiger partial charge on any atom is -0.0619 e. The zero-order valence-corrected chi connectivity index (χ0v) is 21.3. The van der Waals surface area contributed by atoms with Gasteiger partial charge < -0.3 is 0 Å². The summed E-state index contributed by atoms with van der Waals surface area (Å²) in [6.45, 7) is 4.49. The lowest BCUT2D eigenvalue weighted by molar-refractivity contribution is 0.792. The van der Waals surface area contributed by atoms with Crippen LogP contribution in [0.25, 0.3) is 43.8 Å². The van der Waals surface area contributed by atoms with Crippen molar-refractivity contribution in [3.05, 3.63) is 143 Å². The van der Waals surface area contributed by atoms with Gasteiger partial charge in [-0.1, -0.05) is 98.8 Å². The Hall–Kier alpha value is -4.16. The van der Waals surface area contributed by atoms with E-state index in [0.29, 0.717) is 0 Å². The molecule has 2 aliphatic carbocycles. The van der Waals surface area contributed by atoms with Gasteiger partial charge in [-0.05, 0) is 114 Å². The molecule has 0 unspecified atom stereocenters. The lowest BCUT2D eigenvalue weighted by Gasteiger charge is -2.31. The SMILES string of the molecule is CCc1ccc2c(c1)C1(c3ccccc3-c3ccccc31)c1cc3cc4cc(CC)ccc4cc3cc1-2. The smallest absolute Gasteiger partial charge is 0.0619 e. The van der Waals surface area contributed by atoms with Crippen LogP contribution in [0.3, 0.4) is 0 Å². The van der Waals surface area contributed by atoms with Crippen LogP contribution in [0.5, 0.6) is 0 Å². The molecule has 0 radical (unpaired) electrons. The van der Waals surface area contributed by atoms with Crippen LogP contribution >= 0.6 is 0 Å². The van der Waals surface area contributed by atoms with Crippen molar-refractivity contribution in [3.8, 4) is 22.3 Å². The van der Waals surface area contributed by atoms with Gasteiger partial charge in [0.05, 0.1) is 5.41 Å². The summed E-state index contributed by atoms with van der Waals surface area (Å²) in [5, 5.41) is 5.29. The fourth-order valence-electron chi connectivity index (χ4n) is 7.17. The first-order valence-corrected chi connectivity index (χ1v) is 13.6. The molecule has 2 aliphatic rings. The van der Waals surface area contributed by atoms with E-state index >= 15 is 0 Å². The Morgan fingerprint density at radius 1 is 0.405 bits per heavy atom. The van der Waals surface area contributed by atoms with Crippen LogP contribution in [0, 0.1) is 0 Å². The molecule has 8 rings (SSSR count). The van der Waals surface area contributed by atoms with Crippen molar-refractivity contribution >= 4 is 21.5 Å². The summed E-state index contributed by atoms with van der Waals surface area (Å²) in [5.74, 6) is 0. The molecule has 6 aromatic rings. The average molecular weight is 473 g/mol. The van der Waals surface area contributed by atoms with E-state index in [1.165, 1.54) is 77.2 Å². The predicted molar refractivity (Wildman–Crippen MR) is 157 cm³/mol. The molecule has 0 saturated heterocycles. The molecular formula is C37H28. The molecule has 6 aromatic carbocycles. The largest absolute Gasteiger partial charge is 0.0725 e. The van der Waals surface area contributed by atoms with E-state index in [1.807, 2.05) is 0 Å². The molecular weight excluding hydrogens is 444 g/mol. The Kier molecular flexibility index (Phi) is 4.21. The second-order valence-corrected chi connectivity index (χ2v) is 10.7. The van der Waals surface area contributed by atoms with Crippen LogP contribution in [-0.4, -0.2) is 0 Å². The van der Waals surface area contributed by atoms with E-state index in [2.05, 4.69) is 123 Å². The van der Waals surface area contributed by atoms with Crippen molar-refractivity contribution in [2.75, 3.05) is 0 Å². The van der Waals surface area contributed by atoms with Gasteiger partial charge >= 0.3 is 0 Å². The quantitative estimate of drug-likeness (QED) is 0.220. The molecule has 37 heavy (non-hydrogen) atoms. The third-order valence-electron chi connectivity index (χ3n) is 8.95. The van der Waals surface area contributed by atoms with Crippen LogP contribution in [-0.2, 0) is 18.3 Å². The third kappa shape index (κ3) is 2.63. The van der Waals surface area contributed by atoms with Gasteiger partial charge in [0.2, 0.25) is 0 Å². The lowest BCUT2D eigenvalue weighted by Crippen LogP contribution is -2.26. The molecule has 0 fully saturated rings. The highest BCUT2D eigenvalue weighted by Crippen LogP contribution is 2.63. The van der Waals surface area contributed by atoms with Gasteiger partial charge in [-0.25, -0.2) is 0 Å². The molecule has 0 nitrogen and oxygen atoms in total. The van der Waals surface area contributed by atoms with Crippen LogP contribution in [0.4, 0.5) is 0 Å². The summed E-state index contributed by atoms with van der Waals surface area (Å²) in [5.41, 5.74) is 13.7. The Morgan fingerprint density at radius 2 is 0.946 bits per heavy atom. The highest BCUT2D eigenvalue weighted by Gasteiger charge is 2.51. The Bertz CT molecular complexity index is 1860. The standard InChI is InChI=1S/C37H28/c1-3-23-13-15-25-19-27-21-32-31-16-14-24(4-2)18-35(31)37(36(32)22-28(27)20-26(25)17-23)33-11-7-5-9-29(33)30-10-6-8-12-34(30)37/h5-22H,3-4H2,1-2H3. The van der Waals surface area contributed by atoms with Crippen LogP contribution in [0.1, 0.15) is 47.2 Å². The van der Waals surface area contributed by atoms with Gasteiger partial charge in [0.25, 0.3) is 0 Å². The summed E-state index contributed by atoms with van der Waals surface area (Å²) >= 11 is 0. The minimum absolute atomic E-state index is 0.280. The molecule has 0 heteroatoms. The molecule has 1 spiro atoms. The highest BCUT2D eigenvalue weighted by atomic mass is 14.5. The van der Waals surface area contributed by atoms with Crippen molar-refractivity contribution in [1.82, 2.24) is 0 Å². The van der Waals surface area contributed by atoms with E-state index in [0.717, 1.165) is 12.8 Å². The number of fused-ring (bicyclic) bond motifs is 12. The van der Waals surface area contributed by atoms with Crippen molar-refractivity contribution in [2.45, 2.75) is 32.1 Å². The molecule has 0 saturated carbocycles. The normalized spacial score (nSPS) is 14.1. The number of hydrogen-bond donors (Lipinski definition) is 0. The van der Waals surface area contributed by atoms with Gasteiger partial charge in [-0.3, -0.25) is 0 Å². The molecule has 176 valence electrons. The Labute approximate surface area is 218 Å². The van der Waals surface area contributed by atoms with Crippen LogP contribution < -0.4 is 0 Å². The molecule has 0 aliphatic heterocycles. The Balaban J connectivity index is 1.54. The maximum Gasteiger partial charge on any atom is 0.0725 e. The first-order valence-electron chi connectivity index (χ1n) is 13.6. The van der Waals surface area contributed by atoms with Crippen molar-refractivity contribution in [3.63, 3.8) is 0 Å². The zero-order valence-electron chi connectivity index (χ0n) is 21.3. The maximum absolute atomic E-state index is 2.51. The zero-order chi connectivity index (χ0) is 24.7. The first kappa shape index (κ1) is 21.0. The van der Waals surface area contributed by atoms with Crippen molar-refractivity contribution in [1.29, 1.82) is 0 Å². The van der Waals surface area contributed by atoms with E-state index < -0.39 is 0 Å². The summed E-state index contributed by atoms with van der Waals surface area (Å²) in [6.07, 6.45) is 2.10. The van der Waals surface area contributed by atoms with Gasteiger partial charge in [-0.15, -0.1) is 0 Å². The van der Waals surface area contributed by atoms with E-state index in [4.69, 9.17) is 0 Å². The Morgan fingerprint density at radius 3 is 1.68 bits per heavy atom. The average Bonchev–Trinajstić information content (AvgIpc) is 3.41. The molecule has 0 aromatic heterocycles. The lowest BCUT2D eigenvalue weighted by atomic mass is 9.70. The molecule has 0 atom stereocenters. The number of benzene rings is 6. The topological polar surface area (TPSA) is 0 Å².